The Hall–Kier alpha value is -1.29. The van der Waals surface area contributed by atoms with E-state index in [4.69, 9.17) is 9.52 Å². The normalized spacial score (nSPS) is 13.6. The van der Waals surface area contributed by atoms with E-state index in [2.05, 4.69) is 12.2 Å². The standard InChI is InChI=1S/C13H21NO3/c1-10(6-7-11-5-4-8-17-11)14-9-13(2,3)12(15)16/h4-5,8,10,14H,6-7,9H2,1-3H3,(H,15,16). The Kier molecular flexibility index (Phi) is 4.75. The van der Waals surface area contributed by atoms with Gasteiger partial charge in [-0.1, -0.05) is 0 Å². The minimum atomic E-state index is -0.775. The SMILES string of the molecule is CC(CCc1ccco1)NCC(C)(C)C(=O)O. The van der Waals surface area contributed by atoms with E-state index in [1.165, 1.54) is 0 Å². The van der Waals surface area contributed by atoms with Crippen LogP contribution in [-0.4, -0.2) is 23.7 Å². The van der Waals surface area contributed by atoms with Crippen LogP contribution in [0.5, 0.6) is 0 Å². The van der Waals surface area contributed by atoms with E-state index >= 15 is 0 Å². The maximum absolute atomic E-state index is 10.9. The van der Waals surface area contributed by atoms with Crippen LogP contribution in [-0.2, 0) is 11.2 Å². The summed E-state index contributed by atoms with van der Waals surface area (Å²) in [6.07, 6.45) is 3.47. The summed E-state index contributed by atoms with van der Waals surface area (Å²) < 4.78 is 5.25. The highest BCUT2D eigenvalue weighted by Gasteiger charge is 2.27. The van der Waals surface area contributed by atoms with Gasteiger partial charge in [-0.15, -0.1) is 0 Å². The topological polar surface area (TPSA) is 62.5 Å². The van der Waals surface area contributed by atoms with Crippen molar-refractivity contribution < 1.29 is 14.3 Å². The molecule has 0 saturated carbocycles. The van der Waals surface area contributed by atoms with Gasteiger partial charge in [0.1, 0.15) is 5.76 Å². The Labute approximate surface area is 102 Å². The van der Waals surface area contributed by atoms with Crippen molar-refractivity contribution in [2.24, 2.45) is 5.41 Å². The number of carboxylic acid groups (broad SMARTS) is 1. The van der Waals surface area contributed by atoms with E-state index in [1.54, 1.807) is 20.1 Å². The fourth-order valence-corrected chi connectivity index (χ4v) is 1.42. The molecule has 4 heteroatoms. The molecule has 96 valence electrons. The zero-order valence-corrected chi connectivity index (χ0v) is 10.7. The molecule has 0 aliphatic rings. The molecule has 0 aromatic carbocycles. The minimum Gasteiger partial charge on any atom is -0.481 e. The lowest BCUT2D eigenvalue weighted by molar-refractivity contribution is -0.146. The lowest BCUT2D eigenvalue weighted by Crippen LogP contribution is -2.40. The van der Waals surface area contributed by atoms with Crippen LogP contribution >= 0.6 is 0 Å². The Morgan fingerprint density at radius 1 is 1.59 bits per heavy atom. The number of hydrogen-bond donors (Lipinski definition) is 2. The number of furan rings is 1. The van der Waals surface area contributed by atoms with Crippen LogP contribution < -0.4 is 5.32 Å². The summed E-state index contributed by atoms with van der Waals surface area (Å²) in [5.41, 5.74) is -0.723. The van der Waals surface area contributed by atoms with Crippen LogP contribution in [0.25, 0.3) is 0 Å². The monoisotopic (exact) mass is 239 g/mol. The largest absolute Gasteiger partial charge is 0.481 e. The van der Waals surface area contributed by atoms with E-state index < -0.39 is 11.4 Å². The van der Waals surface area contributed by atoms with Gasteiger partial charge in [0.15, 0.2) is 0 Å². The van der Waals surface area contributed by atoms with Gasteiger partial charge in [-0.05, 0) is 39.3 Å². The number of nitrogens with one attached hydrogen (secondary N) is 1. The molecule has 1 aromatic rings. The highest BCUT2D eigenvalue weighted by atomic mass is 16.4. The van der Waals surface area contributed by atoms with Gasteiger partial charge in [-0.3, -0.25) is 4.79 Å². The predicted octanol–water partition coefficient (Wildman–Crippen LogP) is 2.30. The van der Waals surface area contributed by atoms with E-state index in [0.717, 1.165) is 18.6 Å². The molecule has 0 radical (unpaired) electrons. The first-order valence-corrected chi connectivity index (χ1v) is 5.91. The van der Waals surface area contributed by atoms with Gasteiger partial charge in [0, 0.05) is 19.0 Å². The first-order valence-electron chi connectivity index (χ1n) is 5.91. The van der Waals surface area contributed by atoms with E-state index in [-0.39, 0.29) is 6.04 Å². The van der Waals surface area contributed by atoms with E-state index in [0.29, 0.717) is 6.54 Å². The quantitative estimate of drug-likeness (QED) is 0.766. The summed E-state index contributed by atoms with van der Waals surface area (Å²) >= 11 is 0. The molecule has 1 unspecified atom stereocenters. The van der Waals surface area contributed by atoms with Crippen molar-refractivity contribution in [2.45, 2.75) is 39.7 Å². The third kappa shape index (κ3) is 4.61. The van der Waals surface area contributed by atoms with Gasteiger partial charge < -0.3 is 14.8 Å². The fourth-order valence-electron chi connectivity index (χ4n) is 1.42. The van der Waals surface area contributed by atoms with Crippen molar-refractivity contribution in [2.75, 3.05) is 6.54 Å². The van der Waals surface area contributed by atoms with Crippen molar-refractivity contribution in [3.63, 3.8) is 0 Å². The Morgan fingerprint density at radius 2 is 2.29 bits per heavy atom. The molecule has 2 N–H and O–H groups in total. The summed E-state index contributed by atoms with van der Waals surface area (Å²) in [7, 11) is 0. The van der Waals surface area contributed by atoms with Crippen molar-refractivity contribution >= 4 is 5.97 Å². The van der Waals surface area contributed by atoms with Crippen molar-refractivity contribution in [3.8, 4) is 0 Å². The van der Waals surface area contributed by atoms with Gasteiger partial charge in [0.2, 0.25) is 0 Å². The molecule has 0 spiro atoms. The maximum Gasteiger partial charge on any atom is 0.310 e. The molecule has 0 amide bonds. The average Bonchev–Trinajstić information content (AvgIpc) is 2.76. The second-order valence-corrected chi connectivity index (χ2v) is 5.09. The summed E-state index contributed by atoms with van der Waals surface area (Å²) in [6, 6.07) is 4.10. The van der Waals surface area contributed by atoms with Gasteiger partial charge in [0.05, 0.1) is 11.7 Å². The summed E-state index contributed by atoms with van der Waals surface area (Å²) in [4.78, 5) is 10.9. The molecule has 0 bridgehead atoms. The number of carboxylic acids is 1. The van der Waals surface area contributed by atoms with Gasteiger partial charge >= 0.3 is 5.97 Å². The number of hydrogen-bond acceptors (Lipinski definition) is 3. The first-order chi connectivity index (χ1) is 7.92. The average molecular weight is 239 g/mol. The Morgan fingerprint density at radius 3 is 2.82 bits per heavy atom. The molecule has 1 rings (SSSR count). The zero-order valence-electron chi connectivity index (χ0n) is 10.7. The lowest BCUT2D eigenvalue weighted by Gasteiger charge is -2.22. The molecule has 0 aliphatic heterocycles. The Balaban J connectivity index is 2.26. The predicted molar refractivity (Wildman–Crippen MR) is 65.9 cm³/mol. The zero-order chi connectivity index (χ0) is 12.9. The fraction of sp³-hybridized carbons (Fsp3) is 0.615. The molecule has 1 aromatic heterocycles. The molecular formula is C13H21NO3. The van der Waals surface area contributed by atoms with Gasteiger partial charge in [0.25, 0.3) is 0 Å². The minimum absolute atomic E-state index is 0.277. The first kappa shape index (κ1) is 13.8. The summed E-state index contributed by atoms with van der Waals surface area (Å²) in [6.45, 7) is 5.98. The summed E-state index contributed by atoms with van der Waals surface area (Å²) in [5.74, 6) is 0.194. The van der Waals surface area contributed by atoms with E-state index in [1.807, 2.05) is 12.1 Å². The molecular weight excluding hydrogens is 218 g/mol. The third-order valence-electron chi connectivity index (χ3n) is 2.88. The number of carbonyl (C=O) groups is 1. The van der Waals surface area contributed by atoms with Crippen LogP contribution in [0, 0.1) is 5.41 Å². The number of aryl methyl sites for hydroxylation is 1. The van der Waals surface area contributed by atoms with E-state index in [9.17, 15) is 4.79 Å². The van der Waals surface area contributed by atoms with Crippen LogP contribution in [0.2, 0.25) is 0 Å². The molecule has 1 atom stereocenters. The highest BCUT2D eigenvalue weighted by molar-refractivity contribution is 5.73. The third-order valence-corrected chi connectivity index (χ3v) is 2.88. The molecule has 0 saturated heterocycles. The number of aliphatic carboxylic acids is 1. The van der Waals surface area contributed by atoms with Crippen LogP contribution in [0.15, 0.2) is 22.8 Å². The smallest absolute Gasteiger partial charge is 0.310 e. The summed E-state index contributed by atoms with van der Waals surface area (Å²) in [5, 5.41) is 12.2. The van der Waals surface area contributed by atoms with Crippen LogP contribution in [0.1, 0.15) is 33.0 Å². The Bertz CT molecular complexity index is 344. The van der Waals surface area contributed by atoms with Crippen LogP contribution in [0.4, 0.5) is 0 Å². The van der Waals surface area contributed by atoms with Crippen LogP contribution in [0.3, 0.4) is 0 Å². The molecule has 1 heterocycles. The van der Waals surface area contributed by atoms with Gasteiger partial charge in [-0.2, -0.15) is 0 Å². The molecule has 4 nitrogen and oxygen atoms in total. The molecule has 17 heavy (non-hydrogen) atoms. The maximum atomic E-state index is 10.9. The molecule has 0 fully saturated rings. The number of rotatable bonds is 7. The van der Waals surface area contributed by atoms with Crippen molar-refractivity contribution in [1.29, 1.82) is 0 Å². The highest BCUT2D eigenvalue weighted by Crippen LogP contribution is 2.14. The second kappa shape index (κ2) is 5.87. The second-order valence-electron chi connectivity index (χ2n) is 5.09. The van der Waals surface area contributed by atoms with Crippen molar-refractivity contribution in [3.05, 3.63) is 24.2 Å². The molecule has 0 aliphatic carbocycles. The lowest BCUT2D eigenvalue weighted by atomic mass is 9.93. The van der Waals surface area contributed by atoms with Gasteiger partial charge in [-0.25, -0.2) is 0 Å². The van der Waals surface area contributed by atoms with Crippen molar-refractivity contribution in [1.82, 2.24) is 5.32 Å².